The van der Waals surface area contributed by atoms with E-state index in [-0.39, 0.29) is 5.78 Å². The average molecular weight is 248 g/mol. The Kier molecular flexibility index (Phi) is 3.16. The minimum Gasteiger partial charge on any atom is -0.289 e. The molecule has 0 saturated carbocycles. The Bertz CT molecular complexity index is 541. The quantitative estimate of drug-likeness (QED) is 0.724. The highest BCUT2D eigenvalue weighted by Crippen LogP contribution is 2.32. The van der Waals surface area contributed by atoms with Crippen LogP contribution in [0.3, 0.4) is 0 Å². The number of halogens is 2. The first kappa shape index (κ1) is 12.7. The summed E-state index contributed by atoms with van der Waals surface area (Å²) in [6, 6.07) is 7.13. The summed E-state index contributed by atoms with van der Waals surface area (Å²) in [5.41, 5.74) is 1.84. The first-order valence-corrected chi connectivity index (χ1v) is 5.80. The highest BCUT2D eigenvalue weighted by Gasteiger charge is 2.35. The lowest BCUT2D eigenvalue weighted by molar-refractivity contribution is 0.0158. The molecule has 0 N–H and O–H groups in total. The van der Waals surface area contributed by atoms with Crippen LogP contribution in [0.25, 0.3) is 0 Å². The molecule has 1 nitrogen and oxygen atoms in total. The van der Waals surface area contributed by atoms with Gasteiger partial charge >= 0.3 is 0 Å². The first-order chi connectivity index (χ1) is 8.40. The fourth-order valence-electron chi connectivity index (χ4n) is 1.89. The number of carbonyl (C=O) groups is 1. The Morgan fingerprint density at radius 2 is 2.06 bits per heavy atom. The summed E-state index contributed by atoms with van der Waals surface area (Å²) in [7, 11) is 0. The van der Waals surface area contributed by atoms with Crippen molar-refractivity contribution in [2.75, 3.05) is 0 Å². The van der Waals surface area contributed by atoms with Gasteiger partial charge < -0.3 is 0 Å². The molecule has 0 radical (unpaired) electrons. The number of benzene rings is 1. The van der Waals surface area contributed by atoms with Gasteiger partial charge in [-0.25, -0.2) is 8.78 Å². The van der Waals surface area contributed by atoms with Crippen molar-refractivity contribution in [2.24, 2.45) is 5.92 Å². The Hall–Kier alpha value is -1.77. The first-order valence-electron chi connectivity index (χ1n) is 5.80. The number of hydrogen-bond acceptors (Lipinski definition) is 1. The lowest BCUT2D eigenvalue weighted by Crippen LogP contribution is -2.25. The zero-order chi connectivity index (χ0) is 13.3. The van der Waals surface area contributed by atoms with Crippen molar-refractivity contribution in [1.29, 1.82) is 0 Å². The smallest absolute Gasteiger partial charge is 0.272 e. The van der Waals surface area contributed by atoms with E-state index in [9.17, 15) is 13.6 Å². The largest absolute Gasteiger partial charge is 0.289 e. The molecule has 3 heteroatoms. The van der Waals surface area contributed by atoms with Gasteiger partial charge in [0.1, 0.15) is 0 Å². The van der Waals surface area contributed by atoms with Crippen molar-refractivity contribution in [2.45, 2.75) is 19.8 Å². The van der Waals surface area contributed by atoms with E-state index in [0.717, 1.165) is 11.6 Å². The standard InChI is InChI=1S/C15H14F2O/c1-10-4-3-5-12(8-10)14(18)13-6-7-15(16,17)11(2)9-13/h3-9,11H,1-2H3. The summed E-state index contributed by atoms with van der Waals surface area (Å²) in [4.78, 5) is 12.1. The number of alkyl halides is 2. The Balaban J connectivity index is 2.29. The van der Waals surface area contributed by atoms with Crippen LogP contribution in [0.4, 0.5) is 8.78 Å². The molecule has 0 aromatic heterocycles. The van der Waals surface area contributed by atoms with Crippen molar-refractivity contribution in [3.63, 3.8) is 0 Å². The summed E-state index contributed by atoms with van der Waals surface area (Å²) in [5.74, 6) is -4.03. The number of ketones is 1. The maximum atomic E-state index is 13.3. The lowest BCUT2D eigenvalue weighted by Gasteiger charge is -2.21. The number of rotatable bonds is 2. The molecule has 0 saturated heterocycles. The molecule has 0 aliphatic heterocycles. The van der Waals surface area contributed by atoms with Gasteiger partial charge in [0.15, 0.2) is 5.78 Å². The van der Waals surface area contributed by atoms with E-state index in [4.69, 9.17) is 0 Å². The number of aryl methyl sites for hydroxylation is 1. The molecular formula is C15H14F2O. The minimum atomic E-state index is -2.86. The molecule has 1 atom stereocenters. The number of allylic oxidation sites excluding steroid dienone is 4. The lowest BCUT2D eigenvalue weighted by atomic mass is 9.90. The molecule has 94 valence electrons. The van der Waals surface area contributed by atoms with Gasteiger partial charge in [0.25, 0.3) is 5.92 Å². The van der Waals surface area contributed by atoms with Gasteiger partial charge in [0, 0.05) is 17.1 Å². The van der Waals surface area contributed by atoms with Crippen LogP contribution >= 0.6 is 0 Å². The normalized spacial score (nSPS) is 21.6. The van der Waals surface area contributed by atoms with Crippen molar-refractivity contribution in [1.82, 2.24) is 0 Å². The highest BCUT2D eigenvalue weighted by molar-refractivity contribution is 6.10. The predicted octanol–water partition coefficient (Wildman–Crippen LogP) is 3.95. The number of hydrogen-bond donors (Lipinski definition) is 0. The SMILES string of the molecule is Cc1cccc(C(=O)C2=CC(C)C(F)(F)C=C2)c1. The molecule has 1 aromatic rings. The molecular weight excluding hydrogens is 234 g/mol. The second kappa shape index (κ2) is 4.48. The van der Waals surface area contributed by atoms with Crippen LogP contribution in [0.15, 0.2) is 48.1 Å². The monoisotopic (exact) mass is 248 g/mol. The van der Waals surface area contributed by atoms with Crippen LogP contribution in [0.5, 0.6) is 0 Å². The third-order valence-electron chi connectivity index (χ3n) is 3.06. The van der Waals surface area contributed by atoms with E-state index in [1.807, 2.05) is 13.0 Å². The summed E-state index contributed by atoms with van der Waals surface area (Å²) in [6.45, 7) is 3.30. The van der Waals surface area contributed by atoms with Crippen LogP contribution < -0.4 is 0 Å². The van der Waals surface area contributed by atoms with Gasteiger partial charge in [-0.05, 0) is 25.1 Å². The summed E-state index contributed by atoms with van der Waals surface area (Å²) >= 11 is 0. The Morgan fingerprint density at radius 3 is 2.67 bits per heavy atom. The van der Waals surface area contributed by atoms with Crippen LogP contribution in [-0.4, -0.2) is 11.7 Å². The van der Waals surface area contributed by atoms with E-state index in [1.54, 1.807) is 18.2 Å². The van der Waals surface area contributed by atoms with Crippen molar-refractivity contribution >= 4 is 5.78 Å². The molecule has 1 unspecified atom stereocenters. The van der Waals surface area contributed by atoms with Crippen molar-refractivity contribution < 1.29 is 13.6 Å². The summed E-state index contributed by atoms with van der Waals surface area (Å²) < 4.78 is 26.5. The summed E-state index contributed by atoms with van der Waals surface area (Å²) in [5, 5.41) is 0. The van der Waals surface area contributed by atoms with Crippen molar-refractivity contribution in [3.8, 4) is 0 Å². The number of carbonyl (C=O) groups excluding carboxylic acids is 1. The summed E-state index contributed by atoms with van der Waals surface area (Å²) in [6.07, 6.45) is 3.36. The Morgan fingerprint density at radius 1 is 1.33 bits per heavy atom. The average Bonchev–Trinajstić information content (AvgIpc) is 2.32. The van der Waals surface area contributed by atoms with E-state index in [1.165, 1.54) is 19.1 Å². The van der Waals surface area contributed by atoms with Crippen LogP contribution in [0.1, 0.15) is 22.8 Å². The molecule has 1 aliphatic rings. The molecule has 1 aromatic carbocycles. The zero-order valence-electron chi connectivity index (χ0n) is 10.3. The molecule has 1 aliphatic carbocycles. The van der Waals surface area contributed by atoms with Gasteiger partial charge in [-0.15, -0.1) is 0 Å². The molecule has 0 spiro atoms. The zero-order valence-corrected chi connectivity index (χ0v) is 10.3. The van der Waals surface area contributed by atoms with Crippen LogP contribution in [-0.2, 0) is 0 Å². The second-order valence-electron chi connectivity index (χ2n) is 4.62. The van der Waals surface area contributed by atoms with E-state index >= 15 is 0 Å². The molecule has 0 heterocycles. The molecule has 18 heavy (non-hydrogen) atoms. The molecule has 0 bridgehead atoms. The van der Waals surface area contributed by atoms with Gasteiger partial charge in [-0.1, -0.05) is 36.8 Å². The maximum Gasteiger partial charge on any atom is 0.272 e. The third kappa shape index (κ3) is 2.40. The maximum absolute atomic E-state index is 13.3. The predicted molar refractivity (Wildman–Crippen MR) is 66.8 cm³/mol. The third-order valence-corrected chi connectivity index (χ3v) is 3.06. The van der Waals surface area contributed by atoms with Crippen LogP contribution in [0.2, 0.25) is 0 Å². The van der Waals surface area contributed by atoms with Gasteiger partial charge in [-0.2, -0.15) is 0 Å². The Labute approximate surface area is 105 Å². The minimum absolute atomic E-state index is 0.211. The van der Waals surface area contributed by atoms with E-state index in [2.05, 4.69) is 0 Å². The van der Waals surface area contributed by atoms with Gasteiger partial charge in [-0.3, -0.25) is 4.79 Å². The van der Waals surface area contributed by atoms with Gasteiger partial charge in [0.05, 0.1) is 0 Å². The van der Waals surface area contributed by atoms with Crippen LogP contribution in [0, 0.1) is 12.8 Å². The highest BCUT2D eigenvalue weighted by atomic mass is 19.3. The topological polar surface area (TPSA) is 17.1 Å². The molecule has 0 fully saturated rings. The van der Waals surface area contributed by atoms with E-state index < -0.39 is 11.8 Å². The van der Waals surface area contributed by atoms with Gasteiger partial charge in [0.2, 0.25) is 0 Å². The number of Topliss-reactive ketones (excluding diaryl/α,β-unsaturated/α-hetero) is 1. The molecule has 2 rings (SSSR count). The second-order valence-corrected chi connectivity index (χ2v) is 4.62. The van der Waals surface area contributed by atoms with Crippen molar-refractivity contribution in [3.05, 3.63) is 59.2 Å². The molecule has 0 amide bonds. The van der Waals surface area contributed by atoms with E-state index in [0.29, 0.717) is 11.1 Å². The fraction of sp³-hybridized carbons (Fsp3) is 0.267. The fourth-order valence-corrected chi connectivity index (χ4v) is 1.89.